The van der Waals surface area contributed by atoms with Gasteiger partial charge in [0.05, 0.1) is 19.4 Å². The van der Waals surface area contributed by atoms with Crippen molar-refractivity contribution < 1.29 is 14.2 Å². The molecule has 0 spiro atoms. The largest absolute Gasteiger partial charge is 0.497 e. The van der Waals surface area contributed by atoms with Crippen LogP contribution in [-0.2, 0) is 6.61 Å². The van der Waals surface area contributed by atoms with Crippen molar-refractivity contribution in [1.29, 1.82) is 0 Å². The lowest BCUT2D eigenvalue weighted by molar-refractivity contribution is 0.276. The molecule has 0 bridgehead atoms. The van der Waals surface area contributed by atoms with Gasteiger partial charge in [0.2, 0.25) is 0 Å². The number of hydrogen-bond acceptors (Lipinski definition) is 5. The molecule has 1 saturated carbocycles. The number of hydrogen-bond donors (Lipinski definition) is 0. The average Bonchev–Trinajstić information content (AvgIpc) is 3.60. The molecule has 0 atom stereocenters. The molecule has 162 valence electrons. The van der Waals surface area contributed by atoms with E-state index in [9.17, 15) is 0 Å². The van der Waals surface area contributed by atoms with Crippen LogP contribution in [-0.4, -0.2) is 28.5 Å². The summed E-state index contributed by atoms with van der Waals surface area (Å²) in [5.74, 6) is 2.95. The molecule has 32 heavy (non-hydrogen) atoms. The molecule has 5 rings (SSSR count). The van der Waals surface area contributed by atoms with Crippen molar-refractivity contribution in [1.82, 2.24) is 14.8 Å². The molecule has 1 aliphatic rings. The zero-order chi connectivity index (χ0) is 21.8. The smallest absolute Gasteiger partial charge is 0.336 e. The number of nitrogens with zero attached hydrogens (tertiary/aromatic N) is 3. The third kappa shape index (κ3) is 4.75. The predicted molar refractivity (Wildman–Crippen MR) is 122 cm³/mol. The molecule has 4 aromatic rings. The zero-order valence-electron chi connectivity index (χ0n) is 18.0. The van der Waals surface area contributed by atoms with Crippen LogP contribution in [0.5, 0.6) is 17.5 Å². The van der Waals surface area contributed by atoms with Crippen LogP contribution in [0.1, 0.15) is 18.4 Å². The van der Waals surface area contributed by atoms with Crippen molar-refractivity contribution in [3.63, 3.8) is 0 Å². The van der Waals surface area contributed by atoms with Crippen molar-refractivity contribution in [2.24, 2.45) is 5.92 Å². The lowest BCUT2D eigenvalue weighted by atomic mass is 10.2. The summed E-state index contributed by atoms with van der Waals surface area (Å²) < 4.78 is 18.9. The summed E-state index contributed by atoms with van der Waals surface area (Å²) in [7, 11) is 1.65. The maximum Gasteiger partial charge on any atom is 0.336 e. The molecule has 0 N–H and O–H groups in total. The molecule has 0 saturated heterocycles. The van der Waals surface area contributed by atoms with E-state index in [1.54, 1.807) is 7.11 Å². The Morgan fingerprint density at radius 2 is 1.56 bits per heavy atom. The third-order valence-electron chi connectivity index (χ3n) is 5.41. The van der Waals surface area contributed by atoms with Gasteiger partial charge in [-0.05, 0) is 72.9 Å². The number of rotatable bonds is 9. The number of methoxy groups -OCH3 is 1. The maximum atomic E-state index is 5.92. The van der Waals surface area contributed by atoms with Crippen molar-refractivity contribution in [2.45, 2.75) is 19.4 Å². The van der Waals surface area contributed by atoms with E-state index in [0.717, 1.165) is 34.1 Å². The Bertz CT molecular complexity index is 1150. The van der Waals surface area contributed by atoms with Gasteiger partial charge in [-0.3, -0.25) is 0 Å². The van der Waals surface area contributed by atoms with E-state index in [0.29, 0.717) is 25.1 Å². The van der Waals surface area contributed by atoms with E-state index < -0.39 is 0 Å². The average molecular weight is 428 g/mol. The monoisotopic (exact) mass is 427 g/mol. The van der Waals surface area contributed by atoms with Crippen molar-refractivity contribution >= 4 is 0 Å². The fourth-order valence-electron chi connectivity index (χ4n) is 3.36. The first-order chi connectivity index (χ1) is 15.8. The predicted octanol–water partition coefficient (Wildman–Crippen LogP) is 5.31. The Morgan fingerprint density at radius 3 is 2.25 bits per heavy atom. The van der Waals surface area contributed by atoms with Gasteiger partial charge in [0.15, 0.2) is 5.82 Å². The van der Waals surface area contributed by atoms with Crippen LogP contribution < -0.4 is 14.2 Å². The van der Waals surface area contributed by atoms with Gasteiger partial charge >= 0.3 is 6.01 Å². The number of aromatic nitrogens is 3. The highest BCUT2D eigenvalue weighted by atomic mass is 16.5. The first-order valence-corrected chi connectivity index (χ1v) is 10.8. The highest BCUT2D eigenvalue weighted by Crippen LogP contribution is 2.30. The van der Waals surface area contributed by atoms with E-state index in [-0.39, 0.29) is 0 Å². The Balaban J connectivity index is 1.38. The zero-order valence-corrected chi connectivity index (χ0v) is 18.0. The summed E-state index contributed by atoms with van der Waals surface area (Å²) in [6, 6.07) is 26.1. The molecule has 6 nitrogen and oxygen atoms in total. The lowest BCUT2D eigenvalue weighted by Crippen LogP contribution is -2.02. The Kier molecular flexibility index (Phi) is 5.75. The normalized spacial score (nSPS) is 13.0. The second kappa shape index (κ2) is 9.14. The molecule has 1 heterocycles. The molecule has 1 aromatic heterocycles. The molecule has 0 radical (unpaired) electrons. The van der Waals surface area contributed by atoms with E-state index in [4.69, 9.17) is 14.2 Å². The first-order valence-electron chi connectivity index (χ1n) is 10.8. The summed E-state index contributed by atoms with van der Waals surface area (Å²) in [4.78, 5) is 4.68. The van der Waals surface area contributed by atoms with Crippen molar-refractivity contribution in [3.05, 3.63) is 84.4 Å². The quantitative estimate of drug-likeness (QED) is 0.362. The summed E-state index contributed by atoms with van der Waals surface area (Å²) in [5.41, 5.74) is 2.95. The third-order valence-corrected chi connectivity index (χ3v) is 5.41. The van der Waals surface area contributed by atoms with Gasteiger partial charge in [-0.25, -0.2) is 4.68 Å². The van der Waals surface area contributed by atoms with E-state index in [1.807, 2.05) is 71.4 Å². The number of ether oxygens (including phenoxy) is 3. The Labute approximate surface area is 187 Å². The SMILES string of the molecule is COc1ccc(-n2nc(OCC3CC3)nc2-c2ccc(OCc3ccccc3)cc2)cc1. The minimum Gasteiger partial charge on any atom is -0.497 e. The summed E-state index contributed by atoms with van der Waals surface area (Å²) in [6.07, 6.45) is 2.44. The van der Waals surface area contributed by atoms with Crippen LogP contribution in [0.2, 0.25) is 0 Å². The summed E-state index contributed by atoms with van der Waals surface area (Å²) in [6.45, 7) is 1.19. The molecular weight excluding hydrogens is 402 g/mol. The molecule has 0 amide bonds. The molecule has 6 heteroatoms. The van der Waals surface area contributed by atoms with Gasteiger partial charge in [0.1, 0.15) is 18.1 Å². The minimum absolute atomic E-state index is 0.395. The van der Waals surface area contributed by atoms with Gasteiger partial charge in [-0.1, -0.05) is 30.3 Å². The minimum atomic E-state index is 0.395. The fraction of sp³-hybridized carbons (Fsp3) is 0.231. The van der Waals surface area contributed by atoms with Gasteiger partial charge in [-0.2, -0.15) is 4.98 Å². The Morgan fingerprint density at radius 1 is 0.844 bits per heavy atom. The lowest BCUT2D eigenvalue weighted by Gasteiger charge is -2.09. The summed E-state index contributed by atoms with van der Waals surface area (Å²) in [5, 5.41) is 4.62. The van der Waals surface area contributed by atoms with Crippen LogP contribution in [0, 0.1) is 5.92 Å². The van der Waals surface area contributed by atoms with Gasteiger partial charge in [-0.15, -0.1) is 5.10 Å². The Hall–Kier alpha value is -3.80. The molecule has 1 aliphatic carbocycles. The highest BCUT2D eigenvalue weighted by molar-refractivity contribution is 5.59. The van der Waals surface area contributed by atoms with Gasteiger partial charge in [0.25, 0.3) is 0 Å². The highest BCUT2D eigenvalue weighted by Gasteiger charge is 2.23. The second-order valence-corrected chi connectivity index (χ2v) is 7.88. The standard InChI is InChI=1S/C26H25N3O3/c1-30-23-15-11-22(12-16-23)29-25(27-26(28-29)32-18-20-7-8-20)21-9-13-24(14-10-21)31-17-19-5-3-2-4-6-19/h2-6,9-16,20H,7-8,17-18H2,1H3. The van der Waals surface area contributed by atoms with Gasteiger partial charge in [0, 0.05) is 5.56 Å². The first kappa shape index (κ1) is 20.1. The molecule has 1 fully saturated rings. The van der Waals surface area contributed by atoms with Crippen LogP contribution in [0.4, 0.5) is 0 Å². The number of benzene rings is 3. The van der Waals surface area contributed by atoms with Crippen LogP contribution in [0.25, 0.3) is 17.1 Å². The molecule has 0 aliphatic heterocycles. The maximum absolute atomic E-state index is 5.92. The van der Waals surface area contributed by atoms with E-state index in [1.165, 1.54) is 12.8 Å². The van der Waals surface area contributed by atoms with Crippen molar-refractivity contribution in [2.75, 3.05) is 13.7 Å². The van der Waals surface area contributed by atoms with Crippen LogP contribution in [0.3, 0.4) is 0 Å². The van der Waals surface area contributed by atoms with Gasteiger partial charge < -0.3 is 14.2 Å². The summed E-state index contributed by atoms with van der Waals surface area (Å²) >= 11 is 0. The van der Waals surface area contributed by atoms with Crippen molar-refractivity contribution in [3.8, 4) is 34.6 Å². The molecular formula is C26H25N3O3. The molecule has 0 unspecified atom stereocenters. The van der Waals surface area contributed by atoms with Crippen LogP contribution in [0.15, 0.2) is 78.9 Å². The fourth-order valence-corrected chi connectivity index (χ4v) is 3.36. The molecule has 3 aromatic carbocycles. The van der Waals surface area contributed by atoms with E-state index in [2.05, 4.69) is 22.2 Å². The topological polar surface area (TPSA) is 58.4 Å². The van der Waals surface area contributed by atoms with Crippen LogP contribution >= 0.6 is 0 Å². The van der Waals surface area contributed by atoms with E-state index >= 15 is 0 Å². The second-order valence-electron chi connectivity index (χ2n) is 7.88.